The Morgan fingerprint density at radius 1 is 1.23 bits per heavy atom. The van der Waals surface area contributed by atoms with E-state index in [0.717, 1.165) is 31.6 Å². The van der Waals surface area contributed by atoms with Crippen molar-refractivity contribution in [1.29, 1.82) is 0 Å². The van der Waals surface area contributed by atoms with Crippen LogP contribution in [0.2, 0.25) is 0 Å². The lowest BCUT2D eigenvalue weighted by molar-refractivity contribution is -0.0887. The second kappa shape index (κ2) is 8.60. The molecular weight excluding hydrogens is 400 g/mol. The quantitative estimate of drug-likeness (QED) is 0.587. The summed E-state index contributed by atoms with van der Waals surface area (Å²) in [5.74, 6) is 1.59. The van der Waals surface area contributed by atoms with Gasteiger partial charge in [-0.25, -0.2) is 0 Å². The number of nitrogens with one attached hydrogen (secondary N) is 1. The fraction of sp³-hybridized carbons (Fsp3) is 0.455. The van der Waals surface area contributed by atoms with Crippen LogP contribution in [0, 0.1) is 5.92 Å². The van der Waals surface area contributed by atoms with Crippen molar-refractivity contribution in [3.8, 4) is 11.3 Å². The average molecular weight is 424 g/mol. The normalized spacial score (nSPS) is 21.8. The fourth-order valence-corrected chi connectivity index (χ4v) is 3.63. The van der Waals surface area contributed by atoms with Crippen LogP contribution >= 0.6 is 0 Å². The molecule has 3 heterocycles. The van der Waals surface area contributed by atoms with Gasteiger partial charge in [-0.05, 0) is 19.8 Å². The molecule has 0 bridgehead atoms. The van der Waals surface area contributed by atoms with Crippen LogP contribution in [0.15, 0.2) is 45.3 Å². The number of nitrogens with zero attached hydrogens (tertiary/aromatic N) is 3. The van der Waals surface area contributed by atoms with Crippen LogP contribution in [0.3, 0.4) is 0 Å². The lowest BCUT2D eigenvalue weighted by atomic mass is 9.80. The minimum absolute atomic E-state index is 0.0328. The lowest BCUT2D eigenvalue weighted by Gasteiger charge is -2.33. The number of carbonyl (C=O) groups excluding carboxylic acids is 1. The Balaban J connectivity index is 1.10. The number of hydrogen-bond donors (Lipinski definition) is 1. The van der Waals surface area contributed by atoms with Gasteiger partial charge in [0.05, 0.1) is 19.8 Å². The molecule has 0 radical (unpaired) electrons. The molecule has 9 nitrogen and oxygen atoms in total. The Kier molecular flexibility index (Phi) is 5.52. The van der Waals surface area contributed by atoms with Gasteiger partial charge in [0.25, 0.3) is 5.91 Å². The van der Waals surface area contributed by atoms with Crippen LogP contribution in [-0.4, -0.2) is 47.1 Å². The Hall–Kier alpha value is -3.04. The first-order valence-electron chi connectivity index (χ1n) is 10.5. The van der Waals surface area contributed by atoms with Gasteiger partial charge < -0.3 is 23.7 Å². The van der Waals surface area contributed by atoms with Crippen molar-refractivity contribution in [2.24, 2.45) is 5.92 Å². The largest absolute Gasteiger partial charge is 0.422 e. The van der Waals surface area contributed by atoms with Crippen molar-refractivity contribution < 1.29 is 23.2 Å². The topological polar surface area (TPSA) is 113 Å². The van der Waals surface area contributed by atoms with Crippen molar-refractivity contribution in [1.82, 2.24) is 20.7 Å². The van der Waals surface area contributed by atoms with E-state index >= 15 is 0 Å². The highest BCUT2D eigenvalue weighted by Crippen LogP contribution is 2.37. The fourth-order valence-electron chi connectivity index (χ4n) is 3.63. The number of benzene rings is 1. The molecule has 31 heavy (non-hydrogen) atoms. The molecule has 1 amide bonds. The van der Waals surface area contributed by atoms with E-state index in [1.165, 1.54) is 0 Å². The highest BCUT2D eigenvalue weighted by atomic mass is 16.5. The summed E-state index contributed by atoms with van der Waals surface area (Å²) >= 11 is 0. The molecule has 1 saturated heterocycles. The van der Waals surface area contributed by atoms with Gasteiger partial charge in [-0.3, -0.25) is 4.79 Å². The SMILES string of the molecule is CC(OCC1COC1)c1nnc([C@H]2C[C@H](NC(=O)c3cc(-c4ccccc4)no3)C2)o1. The van der Waals surface area contributed by atoms with Crippen LogP contribution in [-0.2, 0) is 9.47 Å². The molecule has 5 rings (SSSR count). The molecule has 1 aliphatic carbocycles. The summed E-state index contributed by atoms with van der Waals surface area (Å²) in [5.41, 5.74) is 1.54. The van der Waals surface area contributed by atoms with Crippen LogP contribution in [0.25, 0.3) is 11.3 Å². The summed E-state index contributed by atoms with van der Waals surface area (Å²) in [4.78, 5) is 12.5. The van der Waals surface area contributed by atoms with Crippen LogP contribution in [0.4, 0.5) is 0 Å². The van der Waals surface area contributed by atoms with E-state index in [2.05, 4.69) is 20.7 Å². The zero-order valence-electron chi connectivity index (χ0n) is 17.2. The smallest absolute Gasteiger partial charge is 0.290 e. The molecule has 2 aromatic heterocycles. The van der Waals surface area contributed by atoms with Crippen LogP contribution in [0.5, 0.6) is 0 Å². The van der Waals surface area contributed by atoms with E-state index in [1.54, 1.807) is 6.07 Å². The van der Waals surface area contributed by atoms with Crippen molar-refractivity contribution in [3.63, 3.8) is 0 Å². The summed E-state index contributed by atoms with van der Waals surface area (Å²) in [5, 5.41) is 15.2. The van der Waals surface area contributed by atoms with Gasteiger partial charge in [-0.2, -0.15) is 0 Å². The summed E-state index contributed by atoms with van der Waals surface area (Å²) < 4.78 is 22.0. The Labute approximate surface area is 179 Å². The molecule has 3 aromatic rings. The zero-order chi connectivity index (χ0) is 21.2. The first-order chi connectivity index (χ1) is 15.2. The summed E-state index contributed by atoms with van der Waals surface area (Å²) in [6, 6.07) is 11.3. The molecule has 1 saturated carbocycles. The predicted octanol–water partition coefficient (Wildman–Crippen LogP) is 3.12. The van der Waals surface area contributed by atoms with E-state index in [-0.39, 0.29) is 29.7 Å². The molecule has 2 fully saturated rings. The second-order valence-electron chi connectivity index (χ2n) is 8.14. The maximum Gasteiger partial charge on any atom is 0.290 e. The minimum atomic E-state index is -0.272. The maximum atomic E-state index is 12.5. The average Bonchev–Trinajstić information content (AvgIpc) is 3.40. The minimum Gasteiger partial charge on any atom is -0.422 e. The molecule has 2 aliphatic rings. The number of hydrogen-bond acceptors (Lipinski definition) is 8. The van der Waals surface area contributed by atoms with Crippen LogP contribution < -0.4 is 5.32 Å². The third-order valence-electron chi connectivity index (χ3n) is 5.72. The van der Waals surface area contributed by atoms with E-state index in [4.69, 9.17) is 18.4 Å². The number of amides is 1. The van der Waals surface area contributed by atoms with Gasteiger partial charge in [0, 0.05) is 29.5 Å². The molecule has 1 atom stereocenters. The van der Waals surface area contributed by atoms with Gasteiger partial charge in [0.15, 0.2) is 0 Å². The Morgan fingerprint density at radius 2 is 2.03 bits per heavy atom. The number of ether oxygens (including phenoxy) is 2. The standard InChI is InChI=1S/C22H24N4O5/c1-13(29-12-14-10-28-11-14)21-24-25-22(30-21)16-7-17(8-16)23-20(27)19-9-18(26-31-19)15-5-3-2-4-6-15/h2-6,9,13-14,16-17H,7-8,10-12H2,1H3,(H,23,27)/t13?,16-,17-. The number of aromatic nitrogens is 3. The first-order valence-corrected chi connectivity index (χ1v) is 10.5. The van der Waals surface area contributed by atoms with E-state index in [0.29, 0.717) is 30.0 Å². The lowest BCUT2D eigenvalue weighted by Crippen LogP contribution is -2.43. The molecule has 9 heteroatoms. The molecule has 0 spiro atoms. The van der Waals surface area contributed by atoms with Crippen molar-refractivity contribution in [3.05, 3.63) is 53.9 Å². The summed E-state index contributed by atoms with van der Waals surface area (Å²) in [7, 11) is 0. The van der Waals surface area contributed by atoms with Crippen molar-refractivity contribution in [2.75, 3.05) is 19.8 Å². The van der Waals surface area contributed by atoms with Crippen LogP contribution in [0.1, 0.15) is 54.1 Å². The molecular formula is C22H24N4O5. The zero-order valence-corrected chi connectivity index (χ0v) is 17.2. The van der Waals surface area contributed by atoms with Gasteiger partial charge in [0.2, 0.25) is 17.5 Å². The third kappa shape index (κ3) is 4.38. The highest BCUT2D eigenvalue weighted by molar-refractivity contribution is 5.92. The number of rotatable bonds is 8. The van der Waals surface area contributed by atoms with Gasteiger partial charge >= 0.3 is 0 Å². The second-order valence-corrected chi connectivity index (χ2v) is 8.14. The van der Waals surface area contributed by atoms with Gasteiger partial charge in [0.1, 0.15) is 11.8 Å². The van der Waals surface area contributed by atoms with Crippen molar-refractivity contribution >= 4 is 5.91 Å². The molecule has 162 valence electrons. The van der Waals surface area contributed by atoms with Crippen molar-refractivity contribution in [2.45, 2.75) is 37.8 Å². The highest BCUT2D eigenvalue weighted by Gasteiger charge is 2.36. The predicted molar refractivity (Wildman–Crippen MR) is 108 cm³/mol. The third-order valence-corrected chi connectivity index (χ3v) is 5.72. The van der Waals surface area contributed by atoms with E-state index in [1.807, 2.05) is 37.3 Å². The van der Waals surface area contributed by atoms with E-state index in [9.17, 15) is 4.79 Å². The molecule has 1 N–H and O–H groups in total. The van der Waals surface area contributed by atoms with E-state index < -0.39 is 0 Å². The van der Waals surface area contributed by atoms with Gasteiger partial charge in [-0.15, -0.1) is 10.2 Å². The molecule has 1 aliphatic heterocycles. The molecule has 1 aromatic carbocycles. The Morgan fingerprint density at radius 3 is 2.77 bits per heavy atom. The Bertz CT molecular complexity index is 1020. The van der Waals surface area contributed by atoms with Gasteiger partial charge in [-0.1, -0.05) is 35.5 Å². The molecule has 1 unspecified atom stereocenters. The first kappa shape index (κ1) is 19.9. The summed E-state index contributed by atoms with van der Waals surface area (Å²) in [6.45, 7) is 4.03. The summed E-state index contributed by atoms with van der Waals surface area (Å²) in [6.07, 6.45) is 1.23. The monoisotopic (exact) mass is 424 g/mol. The number of carbonyl (C=O) groups is 1. The maximum absolute atomic E-state index is 12.5.